The molecule has 0 aliphatic heterocycles. The Bertz CT molecular complexity index is 774. The Kier molecular flexibility index (Phi) is 2.52. The van der Waals surface area contributed by atoms with Crippen molar-refractivity contribution in [3.63, 3.8) is 0 Å². The molecular formula is C15H14FN3. The molecule has 3 rings (SSSR count). The van der Waals surface area contributed by atoms with Crippen LogP contribution in [0.25, 0.3) is 22.4 Å². The predicted molar refractivity (Wildman–Crippen MR) is 75.3 cm³/mol. The molecule has 4 heteroatoms. The number of aromatic nitrogens is 2. The fraction of sp³-hybridized carbons (Fsp3) is 0.133. The van der Waals surface area contributed by atoms with Crippen LogP contribution in [-0.2, 0) is 7.05 Å². The third-order valence-electron chi connectivity index (χ3n) is 3.35. The summed E-state index contributed by atoms with van der Waals surface area (Å²) in [7, 11) is 1.96. The second kappa shape index (κ2) is 4.09. The lowest BCUT2D eigenvalue weighted by molar-refractivity contribution is 0.632. The van der Waals surface area contributed by atoms with E-state index in [0.717, 1.165) is 28.0 Å². The highest BCUT2D eigenvalue weighted by molar-refractivity contribution is 5.83. The van der Waals surface area contributed by atoms with Crippen LogP contribution in [0, 0.1) is 12.7 Å². The summed E-state index contributed by atoms with van der Waals surface area (Å²) in [6, 6.07) is 10.7. The van der Waals surface area contributed by atoms with E-state index in [1.807, 2.05) is 36.7 Å². The van der Waals surface area contributed by atoms with Crippen molar-refractivity contribution in [2.24, 2.45) is 7.05 Å². The van der Waals surface area contributed by atoms with Crippen LogP contribution in [0.4, 0.5) is 10.1 Å². The second-order valence-electron chi connectivity index (χ2n) is 4.67. The van der Waals surface area contributed by atoms with Gasteiger partial charge in [-0.1, -0.05) is 12.1 Å². The molecule has 2 N–H and O–H groups in total. The van der Waals surface area contributed by atoms with E-state index in [0.29, 0.717) is 0 Å². The maximum atomic E-state index is 13.2. The number of nitrogens with two attached hydrogens (primary N) is 1. The van der Waals surface area contributed by atoms with E-state index in [1.165, 1.54) is 6.07 Å². The average molecular weight is 255 g/mol. The van der Waals surface area contributed by atoms with E-state index in [2.05, 4.69) is 4.98 Å². The van der Waals surface area contributed by atoms with Crippen molar-refractivity contribution in [1.82, 2.24) is 9.55 Å². The Labute approximate surface area is 110 Å². The highest BCUT2D eigenvalue weighted by Crippen LogP contribution is 2.27. The number of fused-ring (bicyclic) bond motifs is 1. The van der Waals surface area contributed by atoms with Gasteiger partial charge < -0.3 is 10.3 Å². The molecule has 3 aromatic rings. The van der Waals surface area contributed by atoms with Crippen LogP contribution in [0.2, 0.25) is 0 Å². The molecule has 2 aromatic carbocycles. The van der Waals surface area contributed by atoms with Crippen molar-refractivity contribution in [3.8, 4) is 11.4 Å². The lowest BCUT2D eigenvalue weighted by Crippen LogP contribution is -1.96. The second-order valence-corrected chi connectivity index (χ2v) is 4.67. The van der Waals surface area contributed by atoms with Crippen LogP contribution >= 0.6 is 0 Å². The lowest BCUT2D eigenvalue weighted by Gasteiger charge is -2.05. The fourth-order valence-corrected chi connectivity index (χ4v) is 2.41. The largest absolute Gasteiger partial charge is 0.396 e. The molecule has 0 bridgehead atoms. The van der Waals surface area contributed by atoms with Crippen LogP contribution in [0.15, 0.2) is 36.4 Å². The Hall–Kier alpha value is -2.36. The van der Waals surface area contributed by atoms with E-state index in [1.54, 1.807) is 12.1 Å². The van der Waals surface area contributed by atoms with Gasteiger partial charge >= 0.3 is 0 Å². The van der Waals surface area contributed by atoms with Crippen molar-refractivity contribution >= 4 is 16.7 Å². The topological polar surface area (TPSA) is 43.8 Å². The zero-order chi connectivity index (χ0) is 13.6. The Morgan fingerprint density at radius 3 is 2.68 bits per heavy atom. The first-order valence-corrected chi connectivity index (χ1v) is 6.05. The fourth-order valence-electron chi connectivity index (χ4n) is 2.41. The molecule has 0 spiro atoms. The monoisotopic (exact) mass is 255 g/mol. The van der Waals surface area contributed by atoms with Crippen LogP contribution in [0.5, 0.6) is 0 Å². The molecule has 0 unspecified atom stereocenters. The van der Waals surface area contributed by atoms with Crippen molar-refractivity contribution in [2.45, 2.75) is 6.92 Å². The first-order chi connectivity index (χ1) is 9.08. The van der Waals surface area contributed by atoms with Crippen molar-refractivity contribution in [2.75, 3.05) is 5.73 Å². The third kappa shape index (κ3) is 1.76. The summed E-state index contributed by atoms with van der Waals surface area (Å²) in [6.07, 6.45) is 0. The number of hydrogen-bond acceptors (Lipinski definition) is 2. The summed E-state index contributed by atoms with van der Waals surface area (Å²) in [6.45, 7) is 2.05. The van der Waals surface area contributed by atoms with Gasteiger partial charge in [0.1, 0.15) is 11.6 Å². The van der Waals surface area contributed by atoms with E-state index in [-0.39, 0.29) is 5.69 Å². The lowest BCUT2D eigenvalue weighted by atomic mass is 10.2. The number of nitrogen functional groups attached to an aromatic ring is 1. The quantitative estimate of drug-likeness (QED) is 0.678. The van der Waals surface area contributed by atoms with Gasteiger partial charge in [0.25, 0.3) is 0 Å². The van der Waals surface area contributed by atoms with Crippen molar-refractivity contribution in [1.29, 1.82) is 0 Å². The summed E-state index contributed by atoms with van der Waals surface area (Å²) in [5.41, 5.74) is 9.75. The summed E-state index contributed by atoms with van der Waals surface area (Å²) in [5.74, 6) is 0.384. The minimum Gasteiger partial charge on any atom is -0.396 e. The van der Waals surface area contributed by atoms with Gasteiger partial charge in [0, 0.05) is 12.6 Å². The number of nitrogens with zero attached hydrogens (tertiary/aromatic N) is 2. The van der Waals surface area contributed by atoms with Gasteiger partial charge in [0.15, 0.2) is 0 Å². The summed E-state index contributed by atoms with van der Waals surface area (Å²) < 4.78 is 15.2. The van der Waals surface area contributed by atoms with Crippen molar-refractivity contribution in [3.05, 3.63) is 47.8 Å². The average Bonchev–Trinajstić information content (AvgIpc) is 2.72. The zero-order valence-electron chi connectivity index (χ0n) is 10.8. The Balaban J connectivity index is 2.28. The smallest absolute Gasteiger partial charge is 0.146 e. The number of hydrogen-bond donors (Lipinski definition) is 1. The van der Waals surface area contributed by atoms with Crippen LogP contribution in [0.3, 0.4) is 0 Å². The van der Waals surface area contributed by atoms with Crippen LogP contribution in [-0.4, -0.2) is 9.55 Å². The molecule has 0 fully saturated rings. The molecule has 1 aromatic heterocycles. The molecule has 0 radical (unpaired) electrons. The van der Waals surface area contributed by atoms with E-state index < -0.39 is 5.82 Å². The first kappa shape index (κ1) is 11.7. The third-order valence-corrected chi connectivity index (χ3v) is 3.35. The van der Waals surface area contributed by atoms with Gasteiger partial charge in [-0.05, 0) is 36.8 Å². The molecule has 96 valence electrons. The molecule has 0 saturated carbocycles. The first-order valence-electron chi connectivity index (χ1n) is 6.05. The Morgan fingerprint density at radius 2 is 2.00 bits per heavy atom. The molecule has 0 aliphatic carbocycles. The summed E-state index contributed by atoms with van der Waals surface area (Å²) in [5, 5.41) is 0. The number of aryl methyl sites for hydroxylation is 2. The maximum absolute atomic E-state index is 13.2. The normalized spacial score (nSPS) is 11.1. The highest BCUT2D eigenvalue weighted by Gasteiger charge is 2.12. The number of halogens is 1. The maximum Gasteiger partial charge on any atom is 0.146 e. The predicted octanol–water partition coefficient (Wildman–Crippen LogP) is 3.27. The molecule has 19 heavy (non-hydrogen) atoms. The van der Waals surface area contributed by atoms with Gasteiger partial charge in [-0.25, -0.2) is 9.37 Å². The number of imidazole rings is 1. The number of rotatable bonds is 1. The number of benzene rings is 2. The SMILES string of the molecule is Cc1cccc2nc(-c3ccc(F)c(N)c3)n(C)c12. The molecule has 3 nitrogen and oxygen atoms in total. The van der Waals surface area contributed by atoms with E-state index >= 15 is 0 Å². The van der Waals surface area contributed by atoms with Gasteiger partial charge in [-0.3, -0.25) is 0 Å². The molecule has 0 atom stereocenters. The standard InChI is InChI=1S/C15H14FN3/c1-9-4-3-5-13-14(9)19(2)15(18-13)10-6-7-11(16)12(17)8-10/h3-8H,17H2,1-2H3. The van der Waals surface area contributed by atoms with Crippen LogP contribution < -0.4 is 5.73 Å². The van der Waals surface area contributed by atoms with Crippen LogP contribution in [0.1, 0.15) is 5.56 Å². The van der Waals surface area contributed by atoms with Gasteiger partial charge in [-0.15, -0.1) is 0 Å². The Morgan fingerprint density at radius 1 is 1.21 bits per heavy atom. The highest BCUT2D eigenvalue weighted by atomic mass is 19.1. The molecular weight excluding hydrogens is 241 g/mol. The molecule has 0 saturated heterocycles. The van der Waals surface area contributed by atoms with E-state index in [9.17, 15) is 4.39 Å². The number of anilines is 1. The van der Waals surface area contributed by atoms with Crippen molar-refractivity contribution < 1.29 is 4.39 Å². The molecule has 0 aliphatic rings. The summed E-state index contributed by atoms with van der Waals surface area (Å²) in [4.78, 5) is 4.60. The number of para-hydroxylation sites is 1. The molecule has 0 amide bonds. The summed E-state index contributed by atoms with van der Waals surface area (Å²) >= 11 is 0. The van der Waals surface area contributed by atoms with Gasteiger partial charge in [0.2, 0.25) is 0 Å². The molecule has 1 heterocycles. The minimum absolute atomic E-state index is 0.140. The van der Waals surface area contributed by atoms with Gasteiger partial charge in [-0.2, -0.15) is 0 Å². The van der Waals surface area contributed by atoms with Gasteiger partial charge in [0.05, 0.1) is 16.7 Å². The minimum atomic E-state index is -0.404. The van der Waals surface area contributed by atoms with E-state index in [4.69, 9.17) is 5.73 Å². The zero-order valence-corrected chi connectivity index (χ0v) is 10.8.